The number of thiophene rings is 1. The number of para-hydroxylation sites is 2. The molecule has 0 fully saturated rings. The molecule has 0 radical (unpaired) electrons. The number of nitrogens with zero attached hydrogens (tertiary/aromatic N) is 3. The molecule has 27 heavy (non-hydrogen) atoms. The Bertz CT molecular complexity index is 1100. The number of ether oxygens (including phenoxy) is 1. The van der Waals surface area contributed by atoms with E-state index in [9.17, 15) is 4.79 Å². The van der Waals surface area contributed by atoms with Crippen molar-refractivity contribution in [2.45, 2.75) is 13.8 Å². The van der Waals surface area contributed by atoms with Crippen LogP contribution >= 0.6 is 11.3 Å². The lowest BCUT2D eigenvalue weighted by Crippen LogP contribution is -2.16. The zero-order chi connectivity index (χ0) is 18.8. The minimum absolute atomic E-state index is 0.286. The van der Waals surface area contributed by atoms with Gasteiger partial charge in [0.25, 0.3) is 5.91 Å². The first kappa shape index (κ1) is 17.2. The van der Waals surface area contributed by atoms with Crippen molar-refractivity contribution in [3.05, 3.63) is 64.6 Å². The van der Waals surface area contributed by atoms with E-state index in [1.165, 1.54) is 0 Å². The molecule has 4 rings (SSSR count). The first-order chi connectivity index (χ1) is 13.2. The molecular formula is C20H18N4O2S. The Labute approximate surface area is 160 Å². The fraction of sp³-hybridized carbons (Fsp3) is 0.150. The lowest BCUT2D eigenvalue weighted by Gasteiger charge is -2.11. The number of aryl methyl sites for hydroxylation is 1. The fourth-order valence-electron chi connectivity index (χ4n) is 2.83. The van der Waals surface area contributed by atoms with E-state index in [0.29, 0.717) is 29.4 Å². The molecule has 0 saturated carbocycles. The molecule has 0 saturated heterocycles. The molecule has 0 aliphatic carbocycles. The van der Waals surface area contributed by atoms with E-state index in [1.807, 2.05) is 61.0 Å². The molecule has 0 bridgehead atoms. The minimum atomic E-state index is -0.286. The first-order valence-corrected chi connectivity index (χ1v) is 9.53. The second-order valence-electron chi connectivity index (χ2n) is 5.98. The molecule has 7 heteroatoms. The Morgan fingerprint density at radius 2 is 2.11 bits per heavy atom. The van der Waals surface area contributed by atoms with Gasteiger partial charge >= 0.3 is 0 Å². The third-order valence-corrected chi connectivity index (χ3v) is 4.77. The van der Waals surface area contributed by atoms with Gasteiger partial charge in [-0.05, 0) is 43.5 Å². The average molecular weight is 378 g/mol. The lowest BCUT2D eigenvalue weighted by atomic mass is 10.2. The van der Waals surface area contributed by atoms with Crippen LogP contribution in [0.15, 0.2) is 53.2 Å². The van der Waals surface area contributed by atoms with Crippen molar-refractivity contribution in [3.8, 4) is 17.0 Å². The van der Waals surface area contributed by atoms with E-state index >= 15 is 0 Å². The Morgan fingerprint density at radius 3 is 2.89 bits per heavy atom. The monoisotopic (exact) mass is 378 g/mol. The molecule has 136 valence electrons. The summed E-state index contributed by atoms with van der Waals surface area (Å²) in [7, 11) is 0. The summed E-state index contributed by atoms with van der Waals surface area (Å²) in [6.45, 7) is 4.34. The molecule has 1 aromatic carbocycles. The molecule has 3 aromatic heterocycles. The number of benzene rings is 1. The van der Waals surface area contributed by atoms with Crippen LogP contribution in [0.25, 0.3) is 16.9 Å². The number of nitrogens with one attached hydrogen (secondary N) is 1. The van der Waals surface area contributed by atoms with Gasteiger partial charge < -0.3 is 10.1 Å². The predicted molar refractivity (Wildman–Crippen MR) is 107 cm³/mol. The highest BCUT2D eigenvalue weighted by Gasteiger charge is 2.15. The summed E-state index contributed by atoms with van der Waals surface area (Å²) in [5.41, 5.74) is 4.32. The largest absolute Gasteiger partial charge is 0.492 e. The van der Waals surface area contributed by atoms with Crippen LogP contribution in [0.5, 0.6) is 5.75 Å². The van der Waals surface area contributed by atoms with Crippen LogP contribution in [0.1, 0.15) is 23.1 Å². The van der Waals surface area contributed by atoms with Gasteiger partial charge in [-0.25, -0.2) is 9.50 Å². The summed E-state index contributed by atoms with van der Waals surface area (Å²) in [5, 5.41) is 11.5. The molecule has 6 nitrogen and oxygen atoms in total. The van der Waals surface area contributed by atoms with Gasteiger partial charge in [0, 0.05) is 22.7 Å². The number of anilines is 1. The summed E-state index contributed by atoms with van der Waals surface area (Å²) in [6.07, 6.45) is 0. The number of fused-ring (bicyclic) bond motifs is 1. The van der Waals surface area contributed by atoms with Crippen LogP contribution in [-0.2, 0) is 0 Å². The van der Waals surface area contributed by atoms with E-state index in [1.54, 1.807) is 21.9 Å². The maximum Gasteiger partial charge on any atom is 0.274 e. The zero-order valence-corrected chi connectivity index (χ0v) is 15.8. The number of amides is 1. The van der Waals surface area contributed by atoms with E-state index in [4.69, 9.17) is 4.74 Å². The maximum atomic E-state index is 12.7. The Hall–Kier alpha value is -3.19. The molecule has 0 unspecified atom stereocenters. The molecule has 3 heterocycles. The average Bonchev–Trinajstić information content (AvgIpc) is 3.33. The summed E-state index contributed by atoms with van der Waals surface area (Å²) >= 11 is 1.62. The van der Waals surface area contributed by atoms with Crippen LogP contribution < -0.4 is 10.1 Å². The van der Waals surface area contributed by atoms with E-state index in [-0.39, 0.29) is 5.91 Å². The molecule has 0 spiro atoms. The third-order valence-electron chi connectivity index (χ3n) is 4.09. The van der Waals surface area contributed by atoms with Gasteiger partial charge in [-0.3, -0.25) is 4.79 Å². The number of carbonyl (C=O) groups is 1. The van der Waals surface area contributed by atoms with Crippen LogP contribution in [0, 0.1) is 6.92 Å². The molecule has 1 N–H and O–H groups in total. The van der Waals surface area contributed by atoms with E-state index < -0.39 is 0 Å². The van der Waals surface area contributed by atoms with Gasteiger partial charge in [0.15, 0.2) is 5.65 Å². The third kappa shape index (κ3) is 3.41. The van der Waals surface area contributed by atoms with E-state index in [2.05, 4.69) is 15.4 Å². The van der Waals surface area contributed by atoms with Crippen molar-refractivity contribution < 1.29 is 9.53 Å². The highest BCUT2D eigenvalue weighted by Crippen LogP contribution is 2.25. The van der Waals surface area contributed by atoms with E-state index in [0.717, 1.165) is 17.0 Å². The second kappa shape index (κ2) is 7.20. The summed E-state index contributed by atoms with van der Waals surface area (Å²) in [5.74, 6) is 0.348. The van der Waals surface area contributed by atoms with Gasteiger partial charge in [-0.2, -0.15) is 16.4 Å². The van der Waals surface area contributed by atoms with Gasteiger partial charge in [-0.1, -0.05) is 12.1 Å². The predicted octanol–water partition coefficient (Wildman–Crippen LogP) is 4.42. The Balaban J connectivity index is 1.66. The molecular weight excluding hydrogens is 360 g/mol. The van der Waals surface area contributed by atoms with Crippen molar-refractivity contribution in [2.24, 2.45) is 0 Å². The number of hydrogen-bond donors (Lipinski definition) is 1. The SMILES string of the molecule is CCOc1ccccc1NC(=O)c1cc(C)n2nc(-c3ccsc3)cc2n1. The fourth-order valence-corrected chi connectivity index (χ4v) is 3.48. The maximum absolute atomic E-state index is 12.7. The lowest BCUT2D eigenvalue weighted by molar-refractivity contribution is 0.102. The highest BCUT2D eigenvalue weighted by molar-refractivity contribution is 7.08. The number of rotatable bonds is 5. The van der Waals surface area contributed by atoms with Crippen molar-refractivity contribution in [3.63, 3.8) is 0 Å². The number of hydrogen-bond acceptors (Lipinski definition) is 5. The Morgan fingerprint density at radius 1 is 1.26 bits per heavy atom. The van der Waals surface area contributed by atoms with Crippen molar-refractivity contribution in [1.82, 2.24) is 14.6 Å². The first-order valence-electron chi connectivity index (χ1n) is 8.59. The molecule has 0 atom stereocenters. The standard InChI is InChI=1S/C20H18N4O2S/c1-3-26-18-7-5-4-6-15(18)22-20(25)17-10-13(2)24-19(21-17)11-16(23-24)14-8-9-27-12-14/h4-12H,3H2,1-2H3,(H,22,25). The summed E-state index contributed by atoms with van der Waals surface area (Å²) in [4.78, 5) is 17.2. The van der Waals surface area contributed by atoms with Crippen molar-refractivity contribution >= 4 is 28.6 Å². The van der Waals surface area contributed by atoms with Gasteiger partial charge in [0.05, 0.1) is 18.0 Å². The van der Waals surface area contributed by atoms with Crippen molar-refractivity contribution in [1.29, 1.82) is 0 Å². The van der Waals surface area contributed by atoms with Crippen LogP contribution in [0.2, 0.25) is 0 Å². The van der Waals surface area contributed by atoms with Gasteiger partial charge in [0.2, 0.25) is 0 Å². The highest BCUT2D eigenvalue weighted by atomic mass is 32.1. The second-order valence-corrected chi connectivity index (χ2v) is 6.76. The minimum Gasteiger partial charge on any atom is -0.492 e. The molecule has 0 aliphatic heterocycles. The topological polar surface area (TPSA) is 68.5 Å². The van der Waals surface area contributed by atoms with Crippen LogP contribution in [-0.4, -0.2) is 27.1 Å². The quantitative estimate of drug-likeness (QED) is 0.558. The van der Waals surface area contributed by atoms with Crippen LogP contribution in [0.4, 0.5) is 5.69 Å². The normalized spacial score (nSPS) is 10.9. The zero-order valence-electron chi connectivity index (χ0n) is 15.0. The Kier molecular flexibility index (Phi) is 4.60. The van der Waals surface area contributed by atoms with Gasteiger partial charge in [0.1, 0.15) is 11.4 Å². The summed E-state index contributed by atoms with van der Waals surface area (Å²) < 4.78 is 7.31. The van der Waals surface area contributed by atoms with Crippen LogP contribution in [0.3, 0.4) is 0 Å². The molecule has 4 aromatic rings. The number of carbonyl (C=O) groups excluding carboxylic acids is 1. The summed E-state index contributed by atoms with van der Waals surface area (Å²) in [6, 6.07) is 13.0. The number of aromatic nitrogens is 3. The molecule has 1 amide bonds. The van der Waals surface area contributed by atoms with Crippen molar-refractivity contribution in [2.75, 3.05) is 11.9 Å². The molecule has 0 aliphatic rings. The smallest absolute Gasteiger partial charge is 0.274 e. The van der Waals surface area contributed by atoms with Gasteiger partial charge in [-0.15, -0.1) is 0 Å².